The van der Waals surface area contributed by atoms with Gasteiger partial charge in [-0.2, -0.15) is 0 Å². The molecule has 2 aromatic carbocycles. The van der Waals surface area contributed by atoms with Gasteiger partial charge < -0.3 is 29.9 Å². The SMILES string of the molecule is CN1CCN(CCCOc2ccc(O)c(C(=O)/C=C/c3ccc(O)c(O)c3)c2)CC1. The lowest BCUT2D eigenvalue weighted by Gasteiger charge is -2.32. The fourth-order valence-electron chi connectivity index (χ4n) is 3.26. The Morgan fingerprint density at radius 1 is 1.00 bits per heavy atom. The van der Waals surface area contributed by atoms with E-state index in [4.69, 9.17) is 4.74 Å². The highest BCUT2D eigenvalue weighted by Crippen LogP contribution is 2.27. The molecule has 1 saturated heterocycles. The van der Waals surface area contributed by atoms with Crippen molar-refractivity contribution < 1.29 is 24.9 Å². The molecule has 0 spiro atoms. The zero-order valence-corrected chi connectivity index (χ0v) is 17.1. The van der Waals surface area contributed by atoms with Crippen molar-refractivity contribution in [3.63, 3.8) is 0 Å². The third kappa shape index (κ3) is 5.98. The molecule has 1 heterocycles. The summed E-state index contributed by atoms with van der Waals surface area (Å²) < 4.78 is 5.77. The normalized spacial score (nSPS) is 15.5. The Morgan fingerprint density at radius 2 is 1.73 bits per heavy atom. The average Bonchev–Trinajstić information content (AvgIpc) is 2.74. The van der Waals surface area contributed by atoms with Crippen LogP contribution in [0.2, 0.25) is 0 Å². The number of ether oxygens (including phenoxy) is 1. The van der Waals surface area contributed by atoms with Gasteiger partial charge in [0.05, 0.1) is 12.2 Å². The van der Waals surface area contributed by atoms with Crippen LogP contribution in [-0.2, 0) is 0 Å². The van der Waals surface area contributed by atoms with Crippen molar-refractivity contribution in [1.82, 2.24) is 9.80 Å². The topological polar surface area (TPSA) is 93.5 Å². The first kappa shape index (κ1) is 21.7. The summed E-state index contributed by atoms with van der Waals surface area (Å²) in [6, 6.07) is 8.88. The van der Waals surface area contributed by atoms with Gasteiger partial charge in [0.2, 0.25) is 0 Å². The molecular formula is C23H28N2O5. The van der Waals surface area contributed by atoms with E-state index >= 15 is 0 Å². The highest BCUT2D eigenvalue weighted by Gasteiger charge is 2.13. The molecule has 0 bridgehead atoms. The lowest BCUT2D eigenvalue weighted by Crippen LogP contribution is -2.44. The predicted octanol–water partition coefficient (Wildman–Crippen LogP) is 2.72. The van der Waals surface area contributed by atoms with E-state index in [1.54, 1.807) is 12.1 Å². The van der Waals surface area contributed by atoms with E-state index in [1.165, 1.54) is 36.4 Å². The molecular weight excluding hydrogens is 384 g/mol. The monoisotopic (exact) mass is 412 g/mol. The summed E-state index contributed by atoms with van der Waals surface area (Å²) in [5.74, 6) is -0.468. The van der Waals surface area contributed by atoms with E-state index in [-0.39, 0.29) is 28.6 Å². The number of carbonyl (C=O) groups is 1. The van der Waals surface area contributed by atoms with Crippen molar-refractivity contribution >= 4 is 11.9 Å². The lowest BCUT2D eigenvalue weighted by atomic mass is 10.1. The first-order chi connectivity index (χ1) is 14.4. The Balaban J connectivity index is 1.54. The van der Waals surface area contributed by atoms with Crippen LogP contribution in [-0.4, -0.2) is 77.3 Å². The quantitative estimate of drug-likeness (QED) is 0.266. The largest absolute Gasteiger partial charge is 0.507 e. The maximum atomic E-state index is 12.5. The van der Waals surface area contributed by atoms with Gasteiger partial charge in [0.15, 0.2) is 17.3 Å². The van der Waals surface area contributed by atoms with E-state index in [0.717, 1.165) is 39.1 Å². The van der Waals surface area contributed by atoms with Gasteiger partial charge in [-0.1, -0.05) is 12.1 Å². The molecule has 7 nitrogen and oxygen atoms in total. The molecule has 0 aromatic heterocycles. The number of phenols is 3. The fourth-order valence-corrected chi connectivity index (χ4v) is 3.26. The summed E-state index contributed by atoms with van der Waals surface area (Å²) >= 11 is 0. The van der Waals surface area contributed by atoms with Crippen molar-refractivity contribution in [2.75, 3.05) is 46.4 Å². The molecule has 0 amide bonds. The van der Waals surface area contributed by atoms with Gasteiger partial charge in [-0.25, -0.2) is 0 Å². The van der Waals surface area contributed by atoms with Crippen LogP contribution in [0, 0.1) is 0 Å². The minimum Gasteiger partial charge on any atom is -0.507 e. The Morgan fingerprint density at radius 3 is 2.47 bits per heavy atom. The van der Waals surface area contributed by atoms with Crippen LogP contribution >= 0.6 is 0 Å². The zero-order chi connectivity index (χ0) is 21.5. The van der Waals surface area contributed by atoms with E-state index < -0.39 is 0 Å². The van der Waals surface area contributed by atoms with Gasteiger partial charge in [-0.05, 0) is 55.4 Å². The van der Waals surface area contributed by atoms with Gasteiger partial charge >= 0.3 is 0 Å². The van der Waals surface area contributed by atoms with Crippen LogP contribution in [0.15, 0.2) is 42.5 Å². The molecule has 1 aliphatic heterocycles. The van der Waals surface area contributed by atoms with Crippen LogP contribution in [0.1, 0.15) is 22.3 Å². The third-order valence-electron chi connectivity index (χ3n) is 5.14. The highest BCUT2D eigenvalue weighted by atomic mass is 16.5. The highest BCUT2D eigenvalue weighted by molar-refractivity contribution is 6.08. The van der Waals surface area contributed by atoms with E-state index in [0.29, 0.717) is 17.9 Å². The van der Waals surface area contributed by atoms with Gasteiger partial charge in [0, 0.05) is 32.7 Å². The maximum Gasteiger partial charge on any atom is 0.189 e. The molecule has 3 N–H and O–H groups in total. The molecule has 0 unspecified atom stereocenters. The second-order valence-electron chi connectivity index (χ2n) is 7.47. The molecule has 0 saturated carbocycles. The number of allylic oxidation sites excluding steroid dienone is 1. The molecule has 0 radical (unpaired) electrons. The molecule has 0 atom stereocenters. The van der Waals surface area contributed by atoms with Crippen LogP contribution in [0.25, 0.3) is 6.08 Å². The van der Waals surface area contributed by atoms with E-state index in [9.17, 15) is 20.1 Å². The second kappa shape index (κ2) is 10.1. The summed E-state index contributed by atoms with van der Waals surface area (Å²) in [6.45, 7) is 5.81. The maximum absolute atomic E-state index is 12.5. The van der Waals surface area contributed by atoms with E-state index in [2.05, 4.69) is 16.8 Å². The fraction of sp³-hybridized carbons (Fsp3) is 0.348. The smallest absolute Gasteiger partial charge is 0.189 e. The number of hydrogen-bond donors (Lipinski definition) is 3. The standard InChI is InChI=1S/C23H28N2O5/c1-24-10-12-25(13-11-24)9-2-14-30-18-5-8-21(27)19(16-18)20(26)6-3-17-4-7-22(28)23(29)15-17/h3-8,15-16,27-29H,2,9-14H2,1H3/b6-3+. The summed E-state index contributed by atoms with van der Waals surface area (Å²) in [7, 11) is 2.13. The van der Waals surface area contributed by atoms with E-state index in [1.807, 2.05) is 0 Å². The summed E-state index contributed by atoms with van der Waals surface area (Å²) in [6.07, 6.45) is 3.70. The number of phenolic OH excluding ortho intramolecular Hbond substituents is 3. The van der Waals surface area contributed by atoms with Crippen molar-refractivity contribution in [1.29, 1.82) is 0 Å². The van der Waals surface area contributed by atoms with Gasteiger partial charge in [-0.3, -0.25) is 4.79 Å². The minimum absolute atomic E-state index is 0.122. The summed E-state index contributed by atoms with van der Waals surface area (Å²) in [5, 5.41) is 28.9. The van der Waals surface area contributed by atoms with Crippen molar-refractivity contribution in [3.8, 4) is 23.0 Å². The Bertz CT molecular complexity index is 904. The van der Waals surface area contributed by atoms with Crippen molar-refractivity contribution in [2.45, 2.75) is 6.42 Å². The van der Waals surface area contributed by atoms with Crippen LogP contribution < -0.4 is 4.74 Å². The molecule has 1 aliphatic rings. The molecule has 0 aliphatic carbocycles. The minimum atomic E-state index is -0.386. The molecule has 7 heteroatoms. The molecule has 1 fully saturated rings. The van der Waals surface area contributed by atoms with Gasteiger partial charge in [0.1, 0.15) is 11.5 Å². The molecule has 160 valence electrons. The molecule has 3 rings (SSSR count). The predicted molar refractivity (Wildman–Crippen MR) is 115 cm³/mol. The second-order valence-corrected chi connectivity index (χ2v) is 7.47. The average molecular weight is 412 g/mol. The number of hydrogen-bond acceptors (Lipinski definition) is 7. The number of benzene rings is 2. The number of carbonyl (C=O) groups excluding carboxylic acids is 1. The lowest BCUT2D eigenvalue weighted by molar-refractivity contribution is 0.104. The van der Waals surface area contributed by atoms with Gasteiger partial charge in [-0.15, -0.1) is 0 Å². The van der Waals surface area contributed by atoms with Crippen molar-refractivity contribution in [3.05, 3.63) is 53.6 Å². The van der Waals surface area contributed by atoms with Crippen molar-refractivity contribution in [2.24, 2.45) is 0 Å². The third-order valence-corrected chi connectivity index (χ3v) is 5.14. The number of nitrogens with zero attached hydrogens (tertiary/aromatic N) is 2. The first-order valence-corrected chi connectivity index (χ1v) is 10.0. The Kier molecular flexibility index (Phi) is 7.32. The van der Waals surface area contributed by atoms with Gasteiger partial charge in [0.25, 0.3) is 0 Å². The summed E-state index contributed by atoms with van der Waals surface area (Å²) in [4.78, 5) is 17.2. The van der Waals surface area contributed by atoms with Crippen LogP contribution in [0.3, 0.4) is 0 Å². The number of rotatable bonds is 8. The molecule has 2 aromatic rings. The van der Waals surface area contributed by atoms with Crippen LogP contribution in [0.4, 0.5) is 0 Å². The summed E-state index contributed by atoms with van der Waals surface area (Å²) in [5.41, 5.74) is 0.695. The Labute approximate surface area is 176 Å². The zero-order valence-electron chi connectivity index (χ0n) is 17.1. The number of piperazine rings is 1. The number of likely N-dealkylation sites (N-methyl/N-ethyl adjacent to an activating group) is 1. The number of aromatic hydroxyl groups is 3. The number of ketones is 1. The molecule has 30 heavy (non-hydrogen) atoms. The Hall–Kier alpha value is -3.03. The first-order valence-electron chi connectivity index (χ1n) is 10.0. The van der Waals surface area contributed by atoms with Crippen LogP contribution in [0.5, 0.6) is 23.0 Å².